The van der Waals surface area contributed by atoms with Gasteiger partial charge in [-0.15, -0.1) is 0 Å². The van der Waals surface area contributed by atoms with Gasteiger partial charge < -0.3 is 19.4 Å². The molecule has 0 aliphatic carbocycles. The number of hydrogen-bond donors (Lipinski definition) is 1. The zero-order valence-electron chi connectivity index (χ0n) is 16.1. The third-order valence-electron chi connectivity index (χ3n) is 5.03. The smallest absolute Gasteiger partial charge is 0.291 e. The molecule has 1 amide bonds. The lowest BCUT2D eigenvalue weighted by Gasteiger charge is -2.17. The van der Waals surface area contributed by atoms with Crippen LogP contribution in [0.25, 0.3) is 0 Å². The van der Waals surface area contributed by atoms with Gasteiger partial charge in [0.1, 0.15) is 12.4 Å². The number of ether oxygens (including phenoxy) is 1. The van der Waals surface area contributed by atoms with Crippen molar-refractivity contribution in [2.75, 3.05) is 23.3 Å². The van der Waals surface area contributed by atoms with Crippen LogP contribution >= 0.6 is 0 Å². The molecule has 0 unspecified atom stereocenters. The Balaban J connectivity index is 1.45. The molecule has 0 bridgehead atoms. The van der Waals surface area contributed by atoms with Crippen LogP contribution in [0.15, 0.2) is 59.2 Å². The summed E-state index contributed by atoms with van der Waals surface area (Å²) in [5.41, 5.74) is 4.37. The summed E-state index contributed by atoms with van der Waals surface area (Å²) in [5.74, 6) is 0.463. The molecule has 1 N–H and O–H groups in total. The second-order valence-electron chi connectivity index (χ2n) is 6.83. The molecular formula is C23H21N3O3. The van der Waals surface area contributed by atoms with Gasteiger partial charge in [-0.2, -0.15) is 5.26 Å². The molecule has 1 aliphatic rings. The van der Waals surface area contributed by atoms with E-state index >= 15 is 0 Å². The zero-order valence-corrected chi connectivity index (χ0v) is 16.1. The molecule has 0 fully saturated rings. The number of fused-ring (bicyclic) bond motifs is 1. The molecule has 2 aromatic carbocycles. The highest BCUT2D eigenvalue weighted by Crippen LogP contribution is 2.31. The number of hydrogen-bond acceptors (Lipinski definition) is 5. The minimum absolute atomic E-state index is 0.169. The van der Waals surface area contributed by atoms with Crippen LogP contribution in [0.5, 0.6) is 5.75 Å². The Hall–Kier alpha value is -3.72. The topological polar surface area (TPSA) is 78.5 Å². The van der Waals surface area contributed by atoms with Gasteiger partial charge in [-0.3, -0.25) is 4.79 Å². The van der Waals surface area contributed by atoms with Crippen molar-refractivity contribution >= 4 is 17.3 Å². The number of carbonyl (C=O) groups excluding carboxylic acids is 1. The van der Waals surface area contributed by atoms with Crippen LogP contribution in [0.2, 0.25) is 0 Å². The van der Waals surface area contributed by atoms with Crippen LogP contribution in [0, 0.1) is 11.3 Å². The van der Waals surface area contributed by atoms with Crippen LogP contribution in [0.3, 0.4) is 0 Å². The maximum absolute atomic E-state index is 12.7. The van der Waals surface area contributed by atoms with Crippen LogP contribution in [-0.4, -0.2) is 19.0 Å². The van der Waals surface area contributed by atoms with Crippen LogP contribution in [0.1, 0.15) is 34.2 Å². The summed E-state index contributed by atoms with van der Waals surface area (Å²) in [4.78, 5) is 15.0. The zero-order chi connectivity index (χ0) is 20.2. The van der Waals surface area contributed by atoms with Gasteiger partial charge in [0.05, 0.1) is 17.9 Å². The van der Waals surface area contributed by atoms with E-state index in [1.165, 1.54) is 17.5 Å². The molecule has 0 radical (unpaired) electrons. The molecule has 0 spiro atoms. The molecule has 29 heavy (non-hydrogen) atoms. The van der Waals surface area contributed by atoms with E-state index in [2.05, 4.69) is 29.3 Å². The van der Waals surface area contributed by atoms with E-state index in [0.717, 1.165) is 25.2 Å². The predicted octanol–water partition coefficient (Wildman–Crippen LogP) is 4.36. The first-order chi connectivity index (χ1) is 14.2. The standard InChI is InChI=1S/C23H21N3O3/c1-2-26-10-8-17-6-7-19(13-21(17)26)25-23(27)22-18(9-11-28-22)15-29-20-5-3-4-16(12-20)14-24/h3-7,9,11-13H,2,8,10,15H2,1H3,(H,25,27). The van der Waals surface area contributed by atoms with Gasteiger partial charge in [0, 0.05) is 30.0 Å². The van der Waals surface area contributed by atoms with E-state index in [9.17, 15) is 4.79 Å². The molecule has 1 aliphatic heterocycles. The van der Waals surface area contributed by atoms with Crippen molar-refractivity contribution in [2.24, 2.45) is 0 Å². The fourth-order valence-electron chi connectivity index (χ4n) is 3.50. The number of carbonyl (C=O) groups is 1. The third-order valence-corrected chi connectivity index (χ3v) is 5.03. The van der Waals surface area contributed by atoms with E-state index in [1.54, 1.807) is 30.3 Å². The van der Waals surface area contributed by atoms with Crippen LogP contribution < -0.4 is 15.0 Å². The molecule has 1 aromatic heterocycles. The molecule has 6 heteroatoms. The molecule has 2 heterocycles. The molecule has 0 saturated heterocycles. The van der Waals surface area contributed by atoms with Gasteiger partial charge in [-0.1, -0.05) is 12.1 Å². The predicted molar refractivity (Wildman–Crippen MR) is 110 cm³/mol. The lowest BCUT2D eigenvalue weighted by Crippen LogP contribution is -2.19. The Bertz CT molecular complexity index is 1080. The number of benzene rings is 2. The minimum atomic E-state index is -0.319. The minimum Gasteiger partial charge on any atom is -0.489 e. The van der Waals surface area contributed by atoms with Gasteiger partial charge in [0.25, 0.3) is 5.91 Å². The van der Waals surface area contributed by atoms with Crippen molar-refractivity contribution in [3.8, 4) is 11.8 Å². The summed E-state index contributed by atoms with van der Waals surface area (Å²) in [6.45, 7) is 4.25. The highest BCUT2D eigenvalue weighted by atomic mass is 16.5. The van der Waals surface area contributed by atoms with Crippen molar-refractivity contribution in [3.63, 3.8) is 0 Å². The quantitative estimate of drug-likeness (QED) is 0.680. The van der Waals surface area contributed by atoms with E-state index in [0.29, 0.717) is 16.9 Å². The largest absolute Gasteiger partial charge is 0.489 e. The average molecular weight is 387 g/mol. The average Bonchev–Trinajstić information content (AvgIpc) is 3.38. The number of amides is 1. The van der Waals surface area contributed by atoms with Gasteiger partial charge in [-0.05, 0) is 55.3 Å². The Morgan fingerprint density at radius 2 is 2.17 bits per heavy atom. The first kappa shape index (κ1) is 18.6. The highest BCUT2D eigenvalue weighted by Gasteiger charge is 2.20. The number of anilines is 2. The number of nitriles is 1. The lowest BCUT2D eigenvalue weighted by molar-refractivity contribution is 0.0993. The lowest BCUT2D eigenvalue weighted by atomic mass is 10.1. The molecule has 0 atom stereocenters. The number of rotatable bonds is 6. The molecule has 146 valence electrons. The molecule has 3 aromatic rings. The van der Waals surface area contributed by atoms with Crippen molar-refractivity contribution in [1.29, 1.82) is 5.26 Å². The summed E-state index contributed by atoms with van der Waals surface area (Å²) in [6.07, 6.45) is 2.50. The van der Waals surface area contributed by atoms with Gasteiger partial charge in [0.2, 0.25) is 0 Å². The molecule has 0 saturated carbocycles. The van der Waals surface area contributed by atoms with Gasteiger partial charge >= 0.3 is 0 Å². The fraction of sp³-hybridized carbons (Fsp3) is 0.217. The summed E-state index contributed by atoms with van der Waals surface area (Å²) >= 11 is 0. The van der Waals surface area contributed by atoms with Crippen molar-refractivity contribution in [3.05, 3.63) is 77.2 Å². The normalized spacial score (nSPS) is 12.3. The van der Waals surface area contributed by atoms with Gasteiger partial charge in [0.15, 0.2) is 5.76 Å². The highest BCUT2D eigenvalue weighted by molar-refractivity contribution is 6.03. The van der Waals surface area contributed by atoms with E-state index in [-0.39, 0.29) is 18.3 Å². The SMILES string of the molecule is CCN1CCc2ccc(NC(=O)c3occc3COc3cccc(C#N)c3)cc21. The second-order valence-corrected chi connectivity index (χ2v) is 6.83. The Morgan fingerprint density at radius 3 is 3.00 bits per heavy atom. The number of nitrogens with zero attached hydrogens (tertiary/aromatic N) is 2. The third kappa shape index (κ3) is 3.94. The Morgan fingerprint density at radius 1 is 1.28 bits per heavy atom. The summed E-state index contributed by atoms with van der Waals surface area (Å²) < 4.78 is 11.1. The number of likely N-dealkylation sites (N-methyl/N-ethyl adjacent to an activating group) is 1. The summed E-state index contributed by atoms with van der Waals surface area (Å²) in [6, 6.07) is 16.7. The van der Waals surface area contributed by atoms with Crippen LogP contribution in [-0.2, 0) is 13.0 Å². The molecule has 6 nitrogen and oxygen atoms in total. The Labute approximate surface area is 169 Å². The fourth-order valence-corrected chi connectivity index (χ4v) is 3.50. The van der Waals surface area contributed by atoms with E-state index < -0.39 is 0 Å². The second kappa shape index (κ2) is 8.11. The van der Waals surface area contributed by atoms with Crippen molar-refractivity contribution in [2.45, 2.75) is 20.0 Å². The maximum atomic E-state index is 12.7. The first-order valence-electron chi connectivity index (χ1n) is 9.56. The Kier molecular flexibility index (Phi) is 5.21. The van der Waals surface area contributed by atoms with Crippen molar-refractivity contribution in [1.82, 2.24) is 0 Å². The monoisotopic (exact) mass is 387 g/mol. The number of furan rings is 1. The number of nitrogens with one attached hydrogen (secondary N) is 1. The summed E-state index contributed by atoms with van der Waals surface area (Å²) in [5, 5.41) is 11.9. The molecule has 4 rings (SSSR count). The maximum Gasteiger partial charge on any atom is 0.291 e. The van der Waals surface area contributed by atoms with Crippen LogP contribution in [0.4, 0.5) is 11.4 Å². The molecular weight excluding hydrogens is 366 g/mol. The van der Waals surface area contributed by atoms with E-state index in [4.69, 9.17) is 14.4 Å². The van der Waals surface area contributed by atoms with Crippen molar-refractivity contribution < 1.29 is 13.9 Å². The van der Waals surface area contributed by atoms with E-state index in [1.807, 2.05) is 12.1 Å². The van der Waals surface area contributed by atoms with Gasteiger partial charge in [-0.25, -0.2) is 0 Å². The summed E-state index contributed by atoms with van der Waals surface area (Å²) in [7, 11) is 0. The first-order valence-corrected chi connectivity index (χ1v) is 9.56.